The number of rotatable bonds is 5. The maximum atomic E-state index is 5.51. The average Bonchev–Trinajstić information content (AvgIpc) is 2.40. The highest BCUT2D eigenvalue weighted by molar-refractivity contribution is 5.44. The smallest absolute Gasteiger partial charge is 0.0594 e. The summed E-state index contributed by atoms with van der Waals surface area (Å²) >= 11 is 0. The first kappa shape index (κ1) is 11.6. The molecule has 2 rings (SSSR count). The fraction of sp³-hybridized carbons (Fsp3) is 0.214. The first-order valence-electron chi connectivity index (χ1n) is 5.81. The Morgan fingerprint density at radius 3 is 2.53 bits per heavy atom. The van der Waals surface area contributed by atoms with Crippen LogP contribution in [0.1, 0.15) is 11.3 Å². The third-order valence-corrected chi connectivity index (χ3v) is 2.59. The van der Waals surface area contributed by atoms with Crippen LogP contribution in [0, 0.1) is 0 Å². The van der Waals surface area contributed by atoms with Crippen molar-refractivity contribution < 1.29 is 0 Å². The van der Waals surface area contributed by atoms with Gasteiger partial charge in [0.1, 0.15) is 0 Å². The molecular weight excluding hydrogens is 210 g/mol. The van der Waals surface area contributed by atoms with Gasteiger partial charge in [0.25, 0.3) is 0 Å². The van der Waals surface area contributed by atoms with E-state index in [0.717, 1.165) is 24.3 Å². The second kappa shape index (κ2) is 6.01. The predicted molar refractivity (Wildman–Crippen MR) is 70.8 cm³/mol. The van der Waals surface area contributed by atoms with Crippen molar-refractivity contribution in [3.63, 3.8) is 0 Å². The zero-order valence-corrected chi connectivity index (χ0v) is 9.76. The van der Waals surface area contributed by atoms with E-state index in [1.54, 1.807) is 6.20 Å². The van der Waals surface area contributed by atoms with Crippen molar-refractivity contribution in [2.45, 2.75) is 13.0 Å². The number of anilines is 1. The largest absolute Gasteiger partial charge is 0.379 e. The van der Waals surface area contributed by atoms with E-state index >= 15 is 0 Å². The molecule has 0 aliphatic rings. The van der Waals surface area contributed by atoms with E-state index in [-0.39, 0.29) is 0 Å². The maximum Gasteiger partial charge on any atom is 0.0594 e. The highest BCUT2D eigenvalue weighted by Gasteiger charge is 1.95. The summed E-state index contributed by atoms with van der Waals surface area (Å²) in [6.07, 6.45) is 2.74. The molecule has 88 valence electrons. The highest BCUT2D eigenvalue weighted by Crippen LogP contribution is 2.10. The summed E-state index contributed by atoms with van der Waals surface area (Å²) in [4.78, 5) is 4.26. The minimum atomic E-state index is 0.695. The van der Waals surface area contributed by atoms with Crippen molar-refractivity contribution in [3.8, 4) is 0 Å². The van der Waals surface area contributed by atoms with Crippen LogP contribution < -0.4 is 11.1 Å². The van der Waals surface area contributed by atoms with Crippen molar-refractivity contribution in [2.24, 2.45) is 5.73 Å². The van der Waals surface area contributed by atoms with Crippen molar-refractivity contribution in [3.05, 3.63) is 59.9 Å². The Kier molecular flexibility index (Phi) is 4.11. The van der Waals surface area contributed by atoms with Gasteiger partial charge in [-0.1, -0.05) is 18.2 Å². The number of aromatic nitrogens is 1. The molecule has 0 spiro atoms. The summed E-state index contributed by atoms with van der Waals surface area (Å²) < 4.78 is 0. The van der Waals surface area contributed by atoms with E-state index in [2.05, 4.69) is 34.6 Å². The van der Waals surface area contributed by atoms with E-state index in [1.165, 1.54) is 5.56 Å². The molecule has 17 heavy (non-hydrogen) atoms. The fourth-order valence-corrected chi connectivity index (χ4v) is 1.65. The summed E-state index contributed by atoms with van der Waals surface area (Å²) in [5.74, 6) is 0. The minimum Gasteiger partial charge on any atom is -0.379 e. The van der Waals surface area contributed by atoms with Gasteiger partial charge in [0.2, 0.25) is 0 Å². The Morgan fingerprint density at radius 2 is 1.88 bits per heavy atom. The molecule has 0 atom stereocenters. The number of hydrogen-bond acceptors (Lipinski definition) is 3. The molecule has 1 aromatic carbocycles. The lowest BCUT2D eigenvalue weighted by Crippen LogP contribution is -2.03. The molecule has 0 bridgehead atoms. The number of pyridine rings is 1. The lowest BCUT2D eigenvalue weighted by atomic mass is 10.1. The quantitative estimate of drug-likeness (QED) is 0.823. The average molecular weight is 227 g/mol. The lowest BCUT2D eigenvalue weighted by Gasteiger charge is -2.06. The molecule has 1 heterocycles. The Hall–Kier alpha value is -1.87. The number of nitrogens with two attached hydrogens (primary N) is 1. The van der Waals surface area contributed by atoms with Crippen LogP contribution in [0.2, 0.25) is 0 Å². The molecule has 3 heteroatoms. The molecule has 3 N–H and O–H groups in total. The minimum absolute atomic E-state index is 0.695. The van der Waals surface area contributed by atoms with Gasteiger partial charge in [0.15, 0.2) is 0 Å². The first-order chi connectivity index (χ1) is 8.38. The second-order valence-corrected chi connectivity index (χ2v) is 3.91. The van der Waals surface area contributed by atoms with Gasteiger partial charge in [-0.3, -0.25) is 4.98 Å². The Morgan fingerprint density at radius 1 is 1.06 bits per heavy atom. The van der Waals surface area contributed by atoms with Crippen molar-refractivity contribution in [1.82, 2.24) is 4.98 Å². The van der Waals surface area contributed by atoms with Crippen LogP contribution in [-0.2, 0) is 13.0 Å². The van der Waals surface area contributed by atoms with E-state index in [4.69, 9.17) is 5.73 Å². The van der Waals surface area contributed by atoms with Gasteiger partial charge in [0.05, 0.1) is 12.2 Å². The van der Waals surface area contributed by atoms with Crippen LogP contribution in [0.5, 0.6) is 0 Å². The molecule has 1 aromatic heterocycles. The first-order valence-corrected chi connectivity index (χ1v) is 5.81. The molecule has 2 aromatic rings. The second-order valence-electron chi connectivity index (χ2n) is 3.91. The number of hydrogen-bond donors (Lipinski definition) is 2. The van der Waals surface area contributed by atoms with Gasteiger partial charge in [0, 0.05) is 11.9 Å². The van der Waals surface area contributed by atoms with Crippen molar-refractivity contribution in [1.29, 1.82) is 0 Å². The summed E-state index contributed by atoms with van der Waals surface area (Å²) in [6.45, 7) is 1.44. The normalized spacial score (nSPS) is 10.2. The highest BCUT2D eigenvalue weighted by atomic mass is 14.9. The molecule has 0 saturated heterocycles. The molecule has 3 nitrogen and oxygen atoms in total. The molecule has 0 aliphatic carbocycles. The van der Waals surface area contributed by atoms with Gasteiger partial charge in [-0.05, 0) is 42.8 Å². The Balaban J connectivity index is 1.91. The molecular formula is C14H17N3. The number of nitrogens with one attached hydrogen (secondary N) is 1. The molecule has 0 aliphatic heterocycles. The van der Waals surface area contributed by atoms with Crippen molar-refractivity contribution in [2.75, 3.05) is 11.9 Å². The molecule has 0 amide bonds. The summed E-state index contributed by atoms with van der Waals surface area (Å²) in [6, 6.07) is 14.3. The van der Waals surface area contributed by atoms with E-state index < -0.39 is 0 Å². The van der Waals surface area contributed by atoms with Crippen molar-refractivity contribution >= 4 is 5.69 Å². The maximum absolute atomic E-state index is 5.51. The van der Waals surface area contributed by atoms with Crippen LogP contribution in [0.15, 0.2) is 48.7 Å². The summed E-state index contributed by atoms with van der Waals surface area (Å²) in [5.41, 5.74) is 8.93. The Labute approximate surface area is 102 Å². The predicted octanol–water partition coefficient (Wildman–Crippen LogP) is 2.19. The third-order valence-electron chi connectivity index (χ3n) is 2.59. The van der Waals surface area contributed by atoms with Gasteiger partial charge in [-0.2, -0.15) is 0 Å². The Bertz CT molecular complexity index is 437. The van der Waals surface area contributed by atoms with Gasteiger partial charge in [-0.25, -0.2) is 0 Å². The summed E-state index contributed by atoms with van der Waals surface area (Å²) in [5, 5.41) is 3.34. The molecule has 0 fully saturated rings. The van der Waals surface area contributed by atoms with Gasteiger partial charge < -0.3 is 11.1 Å². The SMILES string of the molecule is NCCc1ccc(NCc2ccccn2)cc1. The zero-order valence-electron chi connectivity index (χ0n) is 9.76. The lowest BCUT2D eigenvalue weighted by molar-refractivity contribution is 0.968. The molecule has 0 radical (unpaired) electrons. The zero-order chi connectivity index (χ0) is 11.9. The van der Waals surface area contributed by atoms with Crippen LogP contribution in [-0.4, -0.2) is 11.5 Å². The summed E-state index contributed by atoms with van der Waals surface area (Å²) in [7, 11) is 0. The van der Waals surface area contributed by atoms with Crippen LogP contribution >= 0.6 is 0 Å². The van der Waals surface area contributed by atoms with E-state index in [0.29, 0.717) is 6.54 Å². The monoisotopic (exact) mass is 227 g/mol. The standard InChI is InChI=1S/C14H17N3/c15-9-8-12-4-6-13(7-5-12)17-11-14-3-1-2-10-16-14/h1-7,10,17H,8-9,11,15H2. The molecule has 0 unspecified atom stereocenters. The van der Waals surface area contributed by atoms with E-state index in [1.807, 2.05) is 18.2 Å². The number of nitrogens with zero attached hydrogens (tertiary/aromatic N) is 1. The third kappa shape index (κ3) is 3.57. The fourth-order valence-electron chi connectivity index (χ4n) is 1.65. The number of benzene rings is 1. The van der Waals surface area contributed by atoms with E-state index in [9.17, 15) is 0 Å². The topological polar surface area (TPSA) is 50.9 Å². The van der Waals surface area contributed by atoms with Crippen LogP contribution in [0.4, 0.5) is 5.69 Å². The molecule has 0 saturated carbocycles. The van der Waals surface area contributed by atoms with Crippen LogP contribution in [0.3, 0.4) is 0 Å². The van der Waals surface area contributed by atoms with Crippen LogP contribution in [0.25, 0.3) is 0 Å². The van der Waals surface area contributed by atoms with Gasteiger partial charge in [-0.15, -0.1) is 0 Å². The van der Waals surface area contributed by atoms with Gasteiger partial charge >= 0.3 is 0 Å².